The monoisotopic (exact) mass is 829 g/mol. The van der Waals surface area contributed by atoms with Crippen molar-refractivity contribution in [3.63, 3.8) is 0 Å². The number of nitrogens with one attached hydrogen (secondary N) is 2. The summed E-state index contributed by atoms with van der Waals surface area (Å²) in [4.78, 5) is 15.5. The number of benzene rings is 2. The highest BCUT2D eigenvalue weighted by atomic mass is 28.4. The zero-order valence-electron chi connectivity index (χ0n) is 37.3. The number of methoxy groups -OCH3 is 1. The van der Waals surface area contributed by atoms with Gasteiger partial charge in [-0.2, -0.15) is 0 Å². The van der Waals surface area contributed by atoms with Crippen LogP contribution in [-0.4, -0.2) is 87.8 Å². The van der Waals surface area contributed by atoms with Gasteiger partial charge in [0.1, 0.15) is 24.1 Å². The number of rotatable bonds is 17. The van der Waals surface area contributed by atoms with Crippen LogP contribution in [0.15, 0.2) is 67.0 Å². The molecule has 2 aromatic carbocycles. The molecule has 1 saturated heterocycles. The number of ether oxygens (including phenoxy) is 2. The number of fused-ring (bicyclic) bond motifs is 1. The third kappa shape index (κ3) is 10.5. The Morgan fingerprint density at radius 2 is 1.40 bits per heavy atom. The molecule has 318 valence electrons. The maximum Gasteiger partial charge on any atom is 0.192 e. The van der Waals surface area contributed by atoms with Crippen LogP contribution in [-0.2, 0) is 24.7 Å². The average Bonchev–Trinajstić information content (AvgIpc) is 3.74. The lowest BCUT2D eigenvalue weighted by Gasteiger charge is -2.44. The smallest absolute Gasteiger partial charge is 0.192 e. The predicted molar refractivity (Wildman–Crippen MR) is 242 cm³/mol. The van der Waals surface area contributed by atoms with Crippen LogP contribution in [0, 0.1) is 5.92 Å². The van der Waals surface area contributed by atoms with Crippen molar-refractivity contribution < 1.29 is 18.3 Å². The first kappa shape index (κ1) is 44.6. The van der Waals surface area contributed by atoms with Crippen LogP contribution in [0.1, 0.15) is 103 Å². The van der Waals surface area contributed by atoms with Crippen molar-refractivity contribution in [1.29, 1.82) is 0 Å². The number of anilines is 1. The van der Waals surface area contributed by atoms with Crippen molar-refractivity contribution in [2.75, 3.05) is 38.7 Å². The Labute approximate surface area is 350 Å². The topological polar surface area (TPSA) is 105 Å². The molecular weight excluding hydrogens is 757 g/mol. The van der Waals surface area contributed by atoms with Gasteiger partial charge in [-0.25, -0.2) is 15.0 Å². The van der Waals surface area contributed by atoms with Gasteiger partial charge in [-0.15, -0.1) is 0 Å². The highest BCUT2D eigenvalue weighted by molar-refractivity contribution is 6.74. The van der Waals surface area contributed by atoms with E-state index < -0.39 is 29.0 Å². The quantitative estimate of drug-likeness (QED) is 0.0795. The Balaban J connectivity index is 1.39. The standard InChI is InChI=1S/C46H72N6O4Si2/c1-45(2,3)57(8,9)55-40-37(31-53-7)54-44(41(40)56-58(10,11)46(4,5)6)52-32-49-39-42(48-30-36(34-23-17-13-18-24-34)35-25-19-14-20-26-35)50-38(51-43(39)52)27-28-47-29-33-21-15-12-16-22-33/h13-14,17-20,23-26,32-33,36-37,40-41,44,47H,12,15-16,21-22,27-31H2,1-11H3,(H,48,50,51)/t37-,40-,41+,44-/m1/s1. The molecule has 1 saturated carbocycles. The zero-order chi connectivity index (χ0) is 41.7. The van der Waals surface area contributed by atoms with Crippen LogP contribution in [0.5, 0.6) is 0 Å². The van der Waals surface area contributed by atoms with Crippen molar-refractivity contribution in [2.45, 2.75) is 147 Å². The maximum atomic E-state index is 7.41. The van der Waals surface area contributed by atoms with Crippen LogP contribution in [0.3, 0.4) is 0 Å². The van der Waals surface area contributed by atoms with E-state index in [-0.39, 0.29) is 28.2 Å². The molecule has 3 heterocycles. The first-order valence-electron chi connectivity index (χ1n) is 21.8. The van der Waals surface area contributed by atoms with E-state index in [1.165, 1.54) is 43.2 Å². The first-order valence-corrected chi connectivity index (χ1v) is 27.6. The van der Waals surface area contributed by atoms with E-state index in [2.05, 4.69) is 144 Å². The third-order valence-corrected chi connectivity index (χ3v) is 22.3. The van der Waals surface area contributed by atoms with Crippen LogP contribution in [0.4, 0.5) is 5.82 Å². The van der Waals surface area contributed by atoms with Gasteiger partial charge in [-0.05, 0) is 72.7 Å². The molecule has 2 aromatic heterocycles. The van der Waals surface area contributed by atoms with E-state index in [1.54, 1.807) is 7.11 Å². The predicted octanol–water partition coefficient (Wildman–Crippen LogP) is 10.1. The Morgan fingerprint density at radius 1 is 0.810 bits per heavy atom. The summed E-state index contributed by atoms with van der Waals surface area (Å²) in [6.45, 7) is 25.8. The molecule has 2 fully saturated rings. The van der Waals surface area contributed by atoms with Gasteiger partial charge in [0.15, 0.2) is 39.8 Å². The molecule has 0 amide bonds. The Kier molecular flexibility index (Phi) is 14.4. The molecule has 4 aromatic rings. The van der Waals surface area contributed by atoms with Crippen molar-refractivity contribution in [3.05, 3.63) is 83.9 Å². The number of hydrogen-bond acceptors (Lipinski definition) is 9. The molecular formula is C46H72N6O4Si2. The van der Waals surface area contributed by atoms with Crippen LogP contribution in [0.2, 0.25) is 36.3 Å². The lowest BCUT2D eigenvalue weighted by atomic mass is 9.89. The molecule has 10 nitrogen and oxygen atoms in total. The van der Waals surface area contributed by atoms with Gasteiger partial charge in [0.05, 0.1) is 12.9 Å². The normalized spacial score (nSPS) is 21.3. The van der Waals surface area contributed by atoms with Gasteiger partial charge < -0.3 is 29.0 Å². The van der Waals surface area contributed by atoms with Gasteiger partial charge in [0.2, 0.25) is 0 Å². The summed E-state index contributed by atoms with van der Waals surface area (Å²) >= 11 is 0. The SMILES string of the molecule is COC[C@H]1O[C@@H](n2cnc3c(NCC(c4ccccc4)c4ccccc4)nc(CCNCC4CCCCC4)nc32)[C@@H](O[Si](C)(C)C(C)(C)C)[C@@H]1O[Si](C)(C)C(C)(C)C. The third-order valence-electron chi connectivity index (χ3n) is 13.4. The number of nitrogens with zero attached hydrogens (tertiary/aromatic N) is 4. The molecule has 2 aliphatic rings. The molecule has 1 aliphatic heterocycles. The number of imidazole rings is 1. The average molecular weight is 829 g/mol. The first-order chi connectivity index (χ1) is 27.5. The van der Waals surface area contributed by atoms with Crippen LogP contribution in [0.25, 0.3) is 11.2 Å². The summed E-state index contributed by atoms with van der Waals surface area (Å²) < 4.78 is 29.7. The molecule has 6 rings (SSSR count). The molecule has 0 spiro atoms. The van der Waals surface area contributed by atoms with Gasteiger partial charge in [-0.3, -0.25) is 4.57 Å². The van der Waals surface area contributed by atoms with E-state index in [9.17, 15) is 0 Å². The van der Waals surface area contributed by atoms with Crippen molar-refractivity contribution in [2.24, 2.45) is 5.92 Å². The van der Waals surface area contributed by atoms with Gasteiger partial charge in [0, 0.05) is 32.5 Å². The van der Waals surface area contributed by atoms with Gasteiger partial charge in [-0.1, -0.05) is 121 Å². The molecule has 0 unspecified atom stereocenters. The minimum absolute atomic E-state index is 0.00297. The second-order valence-corrected chi connectivity index (χ2v) is 29.2. The van der Waals surface area contributed by atoms with E-state index in [1.807, 2.05) is 6.33 Å². The highest BCUT2D eigenvalue weighted by Gasteiger charge is 2.54. The summed E-state index contributed by atoms with van der Waals surface area (Å²) in [6, 6.07) is 21.4. The summed E-state index contributed by atoms with van der Waals surface area (Å²) in [5, 5.41) is 7.49. The molecule has 1 aliphatic carbocycles. The van der Waals surface area contributed by atoms with Crippen LogP contribution >= 0.6 is 0 Å². The minimum Gasteiger partial charge on any atom is -0.408 e. The van der Waals surface area contributed by atoms with Crippen molar-refractivity contribution >= 4 is 33.6 Å². The summed E-state index contributed by atoms with van der Waals surface area (Å²) in [6.07, 6.45) is 7.64. The van der Waals surface area contributed by atoms with Crippen molar-refractivity contribution in [1.82, 2.24) is 24.8 Å². The molecule has 2 N–H and O–H groups in total. The summed E-state index contributed by atoms with van der Waals surface area (Å²) in [7, 11) is -2.86. The molecule has 12 heteroatoms. The number of hydrogen-bond donors (Lipinski definition) is 2. The zero-order valence-corrected chi connectivity index (χ0v) is 39.3. The Hall–Kier alpha value is -2.98. The van der Waals surface area contributed by atoms with E-state index in [4.69, 9.17) is 33.3 Å². The lowest BCUT2D eigenvalue weighted by molar-refractivity contribution is -0.0562. The molecule has 4 atom stereocenters. The van der Waals surface area contributed by atoms with Crippen LogP contribution < -0.4 is 10.6 Å². The summed E-state index contributed by atoms with van der Waals surface area (Å²) in [5.41, 5.74) is 3.93. The molecule has 58 heavy (non-hydrogen) atoms. The minimum atomic E-state index is -2.33. The Morgan fingerprint density at radius 3 is 1.97 bits per heavy atom. The fourth-order valence-electron chi connectivity index (χ4n) is 7.81. The number of aromatic nitrogens is 4. The second kappa shape index (κ2) is 18.7. The largest absolute Gasteiger partial charge is 0.408 e. The van der Waals surface area contributed by atoms with Gasteiger partial charge >= 0.3 is 0 Å². The van der Waals surface area contributed by atoms with Crippen molar-refractivity contribution in [3.8, 4) is 0 Å². The van der Waals surface area contributed by atoms with E-state index >= 15 is 0 Å². The van der Waals surface area contributed by atoms with Gasteiger partial charge in [0.25, 0.3) is 0 Å². The highest BCUT2D eigenvalue weighted by Crippen LogP contribution is 2.46. The van der Waals surface area contributed by atoms with E-state index in [0.717, 1.165) is 36.3 Å². The molecule has 0 bridgehead atoms. The molecule has 0 radical (unpaired) electrons. The van der Waals surface area contributed by atoms with E-state index in [0.29, 0.717) is 25.1 Å². The lowest BCUT2D eigenvalue weighted by Crippen LogP contribution is -2.54. The fraction of sp³-hybridized carbons (Fsp3) is 0.630. The summed E-state index contributed by atoms with van der Waals surface area (Å²) in [5.74, 6) is 2.36. The Bertz CT molecular complexity index is 1850. The second-order valence-electron chi connectivity index (χ2n) is 19.7. The fourth-order valence-corrected chi connectivity index (χ4v) is 10.4. The maximum absolute atomic E-state index is 7.41.